The van der Waals surface area contributed by atoms with E-state index in [0.717, 1.165) is 13.0 Å². The Hall–Kier alpha value is 0.160. The number of rotatable bonds is 24. The van der Waals surface area contributed by atoms with Gasteiger partial charge in [-0.15, -0.1) is 0 Å². The van der Waals surface area contributed by atoms with Gasteiger partial charge in [0.2, 0.25) is 0 Å². The molecule has 0 aliphatic heterocycles. The lowest BCUT2D eigenvalue weighted by atomic mass is 10.0. The minimum atomic E-state index is -3.32. The molecule has 1 N–H and O–H groups in total. The molecule has 0 aromatic rings. The van der Waals surface area contributed by atoms with E-state index in [4.69, 9.17) is 25.6 Å². The smallest absolute Gasteiger partial charge is 0.324 e. The molecule has 0 heterocycles. The lowest BCUT2D eigenvalue weighted by Gasteiger charge is -2.16. The van der Waals surface area contributed by atoms with E-state index in [9.17, 15) is 9.69 Å². The summed E-state index contributed by atoms with van der Waals surface area (Å²) in [4.78, 5) is 21.4. The van der Waals surface area contributed by atoms with Crippen LogP contribution in [0.15, 0.2) is 0 Å². The maximum Gasteiger partial charge on any atom is 0.324 e. The number of hydrogen-bond acceptors (Lipinski definition) is 5. The predicted octanol–water partition coefficient (Wildman–Crippen LogP) is 7.35. The van der Waals surface area contributed by atoms with Gasteiger partial charge in [-0.2, -0.15) is 0 Å². The maximum absolute atomic E-state index is 11.5. The van der Waals surface area contributed by atoms with E-state index in [1.54, 1.807) is 13.8 Å². The molecule has 0 aromatic heterocycles. The fourth-order valence-electron chi connectivity index (χ4n) is 3.19. The molecule has 0 aromatic carbocycles. The van der Waals surface area contributed by atoms with Crippen LogP contribution in [-0.2, 0) is 30.4 Å². The third-order valence-corrected chi connectivity index (χ3v) is 6.94. The average Bonchev–Trinajstić information content (AvgIpc) is 2.73. The van der Waals surface area contributed by atoms with E-state index in [2.05, 4.69) is 6.92 Å². The average molecular weight is 481 g/mol. The number of carbonyl (C=O) groups is 1. The number of ketones is 1. The second-order valence-electron chi connectivity index (χ2n) is 8.76. The molecule has 0 saturated carbocycles. The molecule has 31 heavy (non-hydrogen) atoms. The summed E-state index contributed by atoms with van der Waals surface area (Å²) in [6.45, 7) is 3.95. The van der Waals surface area contributed by atoms with E-state index in [-0.39, 0.29) is 24.9 Å². The summed E-state index contributed by atoms with van der Waals surface area (Å²) in [6.07, 6.45) is 19.6. The molecule has 1 atom stereocenters. The molecule has 0 fully saturated rings. The predicted molar refractivity (Wildman–Crippen MR) is 134 cm³/mol. The SMILES string of the molecule is CCCCCCCCCCCCCCCCOCCCOP(O)(=S)OCC(=O)C(C)C. The van der Waals surface area contributed by atoms with Crippen LogP contribution < -0.4 is 0 Å². The van der Waals surface area contributed by atoms with Crippen molar-refractivity contribution >= 4 is 24.3 Å². The molecule has 5 nitrogen and oxygen atoms in total. The Morgan fingerprint density at radius 2 is 1.19 bits per heavy atom. The summed E-state index contributed by atoms with van der Waals surface area (Å²) in [6, 6.07) is 0. The van der Waals surface area contributed by atoms with Crippen LogP contribution in [0.25, 0.3) is 0 Å². The minimum absolute atomic E-state index is 0.0941. The fraction of sp³-hybridized carbons (Fsp3) is 0.958. The Morgan fingerprint density at radius 1 is 0.742 bits per heavy atom. The molecule has 0 saturated heterocycles. The Kier molecular flexibility index (Phi) is 22.1. The molecule has 0 spiro atoms. The first-order valence-corrected chi connectivity index (χ1v) is 15.2. The number of carbonyl (C=O) groups excluding carboxylic acids is 1. The number of unbranched alkanes of at least 4 members (excludes halogenated alkanes) is 13. The van der Waals surface area contributed by atoms with Gasteiger partial charge in [-0.1, -0.05) is 104 Å². The molecule has 0 aliphatic rings. The van der Waals surface area contributed by atoms with E-state index < -0.39 is 6.72 Å². The Labute approximate surface area is 197 Å². The standard InChI is InChI=1S/C24H49O5PS/c1-4-5-6-7-8-9-10-11-12-13-14-15-16-17-19-27-20-18-21-28-30(26,31)29-22-24(25)23(2)3/h23H,4-22H2,1-3H3,(H,26,31). The van der Waals surface area contributed by atoms with Crippen LogP contribution in [0.5, 0.6) is 0 Å². The van der Waals surface area contributed by atoms with Crippen LogP contribution in [0.3, 0.4) is 0 Å². The molecule has 1 unspecified atom stereocenters. The zero-order valence-corrected chi connectivity index (χ0v) is 22.2. The monoisotopic (exact) mass is 480 g/mol. The first-order valence-electron chi connectivity index (χ1n) is 12.6. The summed E-state index contributed by atoms with van der Waals surface area (Å²) >= 11 is 4.90. The Morgan fingerprint density at radius 3 is 1.68 bits per heavy atom. The molecule has 0 amide bonds. The van der Waals surface area contributed by atoms with Gasteiger partial charge >= 0.3 is 6.72 Å². The minimum Gasteiger partial charge on any atom is -0.381 e. The highest BCUT2D eigenvalue weighted by molar-refractivity contribution is 8.07. The molecule has 0 rings (SSSR count). The lowest BCUT2D eigenvalue weighted by Crippen LogP contribution is -2.14. The van der Waals surface area contributed by atoms with E-state index in [1.165, 1.54) is 83.5 Å². The van der Waals surface area contributed by atoms with Crippen molar-refractivity contribution in [3.05, 3.63) is 0 Å². The van der Waals surface area contributed by atoms with Crippen molar-refractivity contribution in [3.63, 3.8) is 0 Å². The summed E-state index contributed by atoms with van der Waals surface area (Å²) in [5, 5.41) is 0. The van der Waals surface area contributed by atoms with E-state index in [1.807, 2.05) is 0 Å². The lowest BCUT2D eigenvalue weighted by molar-refractivity contribution is -0.124. The van der Waals surface area contributed by atoms with Gasteiger partial charge in [0, 0.05) is 19.1 Å². The molecule has 7 heteroatoms. The van der Waals surface area contributed by atoms with Gasteiger partial charge in [-0.3, -0.25) is 4.79 Å². The third kappa shape index (κ3) is 23.1. The second-order valence-corrected chi connectivity index (χ2v) is 11.6. The van der Waals surface area contributed by atoms with Crippen molar-refractivity contribution in [1.82, 2.24) is 0 Å². The Bertz CT molecular complexity index is 459. The Balaban J connectivity index is 3.28. The highest BCUT2D eigenvalue weighted by Gasteiger charge is 2.18. The van der Waals surface area contributed by atoms with Crippen molar-refractivity contribution in [3.8, 4) is 0 Å². The topological polar surface area (TPSA) is 65.0 Å². The second kappa shape index (κ2) is 22.0. The zero-order valence-electron chi connectivity index (χ0n) is 20.4. The summed E-state index contributed by atoms with van der Waals surface area (Å²) in [7, 11) is 0. The number of ether oxygens (including phenoxy) is 1. The van der Waals surface area contributed by atoms with Gasteiger partial charge in [0.25, 0.3) is 0 Å². The summed E-state index contributed by atoms with van der Waals surface area (Å²) in [5.41, 5.74) is 0. The van der Waals surface area contributed by atoms with Gasteiger partial charge < -0.3 is 18.7 Å². The third-order valence-electron chi connectivity index (χ3n) is 5.34. The van der Waals surface area contributed by atoms with Crippen LogP contribution in [-0.4, -0.2) is 37.1 Å². The molecular formula is C24H49O5PS. The molecule has 186 valence electrons. The molecule has 0 aliphatic carbocycles. The first-order chi connectivity index (χ1) is 14.9. The molecular weight excluding hydrogens is 431 g/mol. The van der Waals surface area contributed by atoms with Crippen molar-refractivity contribution in [2.45, 2.75) is 117 Å². The number of hydrogen-bond donors (Lipinski definition) is 1. The van der Waals surface area contributed by atoms with Crippen molar-refractivity contribution in [2.24, 2.45) is 5.92 Å². The van der Waals surface area contributed by atoms with Crippen LogP contribution in [0, 0.1) is 5.92 Å². The zero-order chi connectivity index (χ0) is 23.2. The van der Waals surface area contributed by atoms with Crippen molar-refractivity contribution in [2.75, 3.05) is 26.4 Å². The molecule has 0 radical (unpaired) electrons. The largest absolute Gasteiger partial charge is 0.381 e. The molecule has 0 bridgehead atoms. The quantitative estimate of drug-likeness (QED) is 0.115. The number of Topliss-reactive ketones (excluding diaryl/α,β-unsaturated/α-hetero) is 1. The van der Waals surface area contributed by atoms with Crippen LogP contribution in [0.4, 0.5) is 0 Å². The van der Waals surface area contributed by atoms with Gasteiger partial charge in [0.05, 0.1) is 6.61 Å². The van der Waals surface area contributed by atoms with Gasteiger partial charge in [0.15, 0.2) is 5.78 Å². The normalized spacial score (nSPS) is 13.6. The van der Waals surface area contributed by atoms with Crippen LogP contribution in [0.1, 0.15) is 117 Å². The van der Waals surface area contributed by atoms with Gasteiger partial charge in [-0.05, 0) is 24.6 Å². The van der Waals surface area contributed by atoms with Crippen LogP contribution in [0.2, 0.25) is 0 Å². The first kappa shape index (κ1) is 31.2. The van der Waals surface area contributed by atoms with Gasteiger partial charge in [-0.25, -0.2) is 0 Å². The van der Waals surface area contributed by atoms with Crippen molar-refractivity contribution < 1.29 is 23.5 Å². The highest BCUT2D eigenvalue weighted by atomic mass is 32.5. The van der Waals surface area contributed by atoms with E-state index >= 15 is 0 Å². The van der Waals surface area contributed by atoms with Crippen LogP contribution >= 0.6 is 6.72 Å². The van der Waals surface area contributed by atoms with Crippen molar-refractivity contribution in [1.29, 1.82) is 0 Å². The van der Waals surface area contributed by atoms with E-state index in [0.29, 0.717) is 13.0 Å². The van der Waals surface area contributed by atoms with Gasteiger partial charge in [0.1, 0.15) is 6.61 Å². The fourth-order valence-corrected chi connectivity index (χ4v) is 4.30. The summed E-state index contributed by atoms with van der Waals surface area (Å²) in [5.74, 6) is -0.235. The summed E-state index contributed by atoms with van der Waals surface area (Å²) < 4.78 is 15.9. The maximum atomic E-state index is 11.5. The highest BCUT2D eigenvalue weighted by Crippen LogP contribution is 2.43.